The topological polar surface area (TPSA) is 80.5 Å². The first-order valence-corrected chi connectivity index (χ1v) is 12.3. The Labute approximate surface area is 205 Å². The van der Waals surface area contributed by atoms with Crippen molar-refractivity contribution in [2.45, 2.75) is 39.2 Å². The van der Waals surface area contributed by atoms with Crippen molar-refractivity contribution in [2.24, 2.45) is 5.92 Å². The van der Waals surface area contributed by atoms with Gasteiger partial charge in [-0.15, -0.1) is 0 Å². The molecule has 7 nitrogen and oxygen atoms in total. The first-order chi connectivity index (χ1) is 16.6. The number of hydrogen-bond donors (Lipinski definition) is 1. The highest BCUT2D eigenvalue weighted by Gasteiger charge is 2.26. The highest BCUT2D eigenvalue weighted by atomic mass is 35.5. The molecule has 34 heavy (non-hydrogen) atoms. The number of piperidine rings is 1. The first-order valence-electron chi connectivity index (χ1n) is 11.9. The summed E-state index contributed by atoms with van der Waals surface area (Å²) in [5.74, 6) is 2.13. The molecule has 1 N–H and O–H groups in total. The second-order valence-corrected chi connectivity index (χ2v) is 8.96. The van der Waals surface area contributed by atoms with Gasteiger partial charge in [0, 0.05) is 23.7 Å². The number of likely N-dealkylation sites (tertiary alicyclic amines) is 1. The molecule has 3 aromatic rings. The number of para-hydroxylation sites is 1. The van der Waals surface area contributed by atoms with Gasteiger partial charge in [0.1, 0.15) is 5.75 Å². The number of benzene rings is 2. The summed E-state index contributed by atoms with van der Waals surface area (Å²) in [5.41, 5.74) is 2.04. The molecule has 0 spiro atoms. The molecular formula is C26H31ClN4O3. The lowest BCUT2D eigenvalue weighted by Crippen LogP contribution is -2.43. The standard InChI is InChI=1S/C26H31ClN4O3/c1-2-33-23-10-4-3-7-19(23)8-5-15-28-26(32)21-9-6-16-31(17-21)18-24-29-25(30-34-24)20-11-13-22(27)14-12-20/h3-4,7,10-14,21H,2,5-6,8-9,15-18H2,1H3,(H,28,32). The third-order valence-corrected chi connectivity index (χ3v) is 6.25. The molecule has 0 saturated carbocycles. The van der Waals surface area contributed by atoms with E-state index in [0.717, 1.165) is 43.5 Å². The van der Waals surface area contributed by atoms with E-state index in [1.807, 2.05) is 37.3 Å². The molecule has 0 aliphatic carbocycles. The van der Waals surface area contributed by atoms with Crippen LogP contribution >= 0.6 is 11.6 Å². The normalized spacial score (nSPS) is 16.4. The minimum absolute atomic E-state index is 0.0249. The predicted molar refractivity (Wildman–Crippen MR) is 132 cm³/mol. The van der Waals surface area contributed by atoms with Crippen LogP contribution in [-0.4, -0.2) is 47.2 Å². The molecule has 0 bridgehead atoms. The highest BCUT2D eigenvalue weighted by Crippen LogP contribution is 2.22. The van der Waals surface area contributed by atoms with Gasteiger partial charge in [-0.2, -0.15) is 4.98 Å². The summed E-state index contributed by atoms with van der Waals surface area (Å²) in [5, 5.41) is 7.87. The summed E-state index contributed by atoms with van der Waals surface area (Å²) in [6.45, 7) is 5.44. The van der Waals surface area contributed by atoms with Gasteiger partial charge in [-0.3, -0.25) is 9.69 Å². The van der Waals surface area contributed by atoms with Crippen LogP contribution in [0.1, 0.15) is 37.6 Å². The van der Waals surface area contributed by atoms with E-state index in [0.29, 0.717) is 43.0 Å². The molecule has 1 aliphatic rings. The van der Waals surface area contributed by atoms with Crippen molar-refractivity contribution in [3.8, 4) is 17.1 Å². The zero-order valence-corrected chi connectivity index (χ0v) is 20.3. The lowest BCUT2D eigenvalue weighted by Gasteiger charge is -2.30. The summed E-state index contributed by atoms with van der Waals surface area (Å²) in [4.78, 5) is 19.5. The minimum atomic E-state index is -0.0249. The van der Waals surface area contributed by atoms with Crippen molar-refractivity contribution in [2.75, 3.05) is 26.2 Å². The van der Waals surface area contributed by atoms with Crippen LogP contribution in [0.5, 0.6) is 5.75 Å². The molecule has 1 amide bonds. The highest BCUT2D eigenvalue weighted by molar-refractivity contribution is 6.30. The van der Waals surface area contributed by atoms with Gasteiger partial charge in [-0.05, 0) is 75.0 Å². The van der Waals surface area contributed by atoms with Gasteiger partial charge in [-0.25, -0.2) is 0 Å². The molecule has 1 atom stereocenters. The van der Waals surface area contributed by atoms with Crippen LogP contribution in [0, 0.1) is 5.92 Å². The zero-order valence-electron chi connectivity index (χ0n) is 19.5. The van der Waals surface area contributed by atoms with E-state index in [2.05, 4.69) is 26.4 Å². The van der Waals surface area contributed by atoms with Crippen LogP contribution in [0.3, 0.4) is 0 Å². The van der Waals surface area contributed by atoms with Crippen molar-refractivity contribution in [3.05, 3.63) is 65.0 Å². The Morgan fingerprint density at radius 2 is 2.06 bits per heavy atom. The molecular weight excluding hydrogens is 452 g/mol. The average molecular weight is 483 g/mol. The molecule has 180 valence electrons. The average Bonchev–Trinajstić information content (AvgIpc) is 3.32. The van der Waals surface area contributed by atoms with E-state index in [-0.39, 0.29) is 11.8 Å². The van der Waals surface area contributed by atoms with E-state index in [1.165, 1.54) is 5.56 Å². The van der Waals surface area contributed by atoms with E-state index >= 15 is 0 Å². The van der Waals surface area contributed by atoms with Gasteiger partial charge in [-0.1, -0.05) is 35.0 Å². The number of ether oxygens (including phenoxy) is 1. The third kappa shape index (κ3) is 6.58. The molecule has 1 unspecified atom stereocenters. The Bertz CT molecular complexity index is 1070. The quantitative estimate of drug-likeness (QED) is 0.420. The number of nitrogens with zero attached hydrogens (tertiary/aromatic N) is 3. The molecule has 4 rings (SSSR count). The minimum Gasteiger partial charge on any atom is -0.494 e. The van der Waals surface area contributed by atoms with Crippen molar-refractivity contribution in [3.63, 3.8) is 0 Å². The summed E-state index contributed by atoms with van der Waals surface area (Å²) < 4.78 is 11.1. The summed E-state index contributed by atoms with van der Waals surface area (Å²) in [7, 11) is 0. The van der Waals surface area contributed by atoms with E-state index in [1.54, 1.807) is 12.1 Å². The Morgan fingerprint density at radius 1 is 1.24 bits per heavy atom. The van der Waals surface area contributed by atoms with Crippen LogP contribution in [-0.2, 0) is 17.8 Å². The fourth-order valence-corrected chi connectivity index (χ4v) is 4.41. The number of carbonyl (C=O) groups excluding carboxylic acids is 1. The second-order valence-electron chi connectivity index (χ2n) is 8.53. The third-order valence-electron chi connectivity index (χ3n) is 6.00. The maximum absolute atomic E-state index is 12.8. The van der Waals surface area contributed by atoms with E-state index in [4.69, 9.17) is 20.9 Å². The Hall–Kier alpha value is -2.90. The molecule has 8 heteroatoms. The smallest absolute Gasteiger partial charge is 0.241 e. The fourth-order valence-electron chi connectivity index (χ4n) is 4.28. The number of nitrogens with one attached hydrogen (secondary N) is 1. The number of halogens is 1. The van der Waals surface area contributed by atoms with Crippen LogP contribution in [0.4, 0.5) is 0 Å². The monoisotopic (exact) mass is 482 g/mol. The molecule has 1 fully saturated rings. The van der Waals surface area contributed by atoms with Crippen LogP contribution in [0.2, 0.25) is 5.02 Å². The molecule has 0 radical (unpaired) electrons. The van der Waals surface area contributed by atoms with Crippen LogP contribution in [0.25, 0.3) is 11.4 Å². The van der Waals surface area contributed by atoms with Crippen LogP contribution < -0.4 is 10.1 Å². The van der Waals surface area contributed by atoms with Crippen molar-refractivity contribution < 1.29 is 14.1 Å². The van der Waals surface area contributed by atoms with Crippen molar-refractivity contribution in [1.82, 2.24) is 20.4 Å². The largest absolute Gasteiger partial charge is 0.494 e. The van der Waals surface area contributed by atoms with Gasteiger partial charge < -0.3 is 14.6 Å². The number of hydrogen-bond acceptors (Lipinski definition) is 6. The number of rotatable bonds is 10. The second kappa shape index (κ2) is 12.0. The van der Waals surface area contributed by atoms with Crippen molar-refractivity contribution >= 4 is 17.5 Å². The number of carbonyl (C=O) groups is 1. The Balaban J connectivity index is 1.23. The maximum atomic E-state index is 12.8. The summed E-state index contributed by atoms with van der Waals surface area (Å²) in [6.07, 6.45) is 3.62. The van der Waals surface area contributed by atoms with Gasteiger partial charge in [0.05, 0.1) is 19.1 Å². The Morgan fingerprint density at radius 3 is 2.88 bits per heavy atom. The van der Waals surface area contributed by atoms with Gasteiger partial charge in [0.15, 0.2) is 0 Å². The zero-order chi connectivity index (χ0) is 23.8. The maximum Gasteiger partial charge on any atom is 0.241 e. The van der Waals surface area contributed by atoms with Gasteiger partial charge >= 0.3 is 0 Å². The molecule has 1 aromatic heterocycles. The lowest BCUT2D eigenvalue weighted by molar-refractivity contribution is -0.126. The summed E-state index contributed by atoms with van der Waals surface area (Å²) >= 11 is 5.95. The van der Waals surface area contributed by atoms with Gasteiger partial charge in [0.2, 0.25) is 17.6 Å². The number of amides is 1. The molecule has 2 aromatic carbocycles. The molecule has 2 heterocycles. The lowest BCUT2D eigenvalue weighted by atomic mass is 9.97. The van der Waals surface area contributed by atoms with E-state index < -0.39 is 0 Å². The molecule has 1 aliphatic heterocycles. The number of aromatic nitrogens is 2. The Kier molecular flexibility index (Phi) is 8.55. The molecule has 1 saturated heterocycles. The van der Waals surface area contributed by atoms with Crippen molar-refractivity contribution in [1.29, 1.82) is 0 Å². The van der Waals surface area contributed by atoms with Crippen LogP contribution in [0.15, 0.2) is 53.1 Å². The SMILES string of the molecule is CCOc1ccccc1CCCNC(=O)C1CCCN(Cc2nc(-c3ccc(Cl)cc3)no2)C1. The number of aryl methyl sites for hydroxylation is 1. The first kappa shape index (κ1) is 24.2. The van der Waals surface area contributed by atoms with Gasteiger partial charge in [0.25, 0.3) is 0 Å². The summed E-state index contributed by atoms with van der Waals surface area (Å²) in [6, 6.07) is 15.4. The predicted octanol–water partition coefficient (Wildman–Crippen LogP) is 4.75. The fraction of sp³-hybridized carbons (Fsp3) is 0.423. The van der Waals surface area contributed by atoms with E-state index in [9.17, 15) is 4.79 Å².